The molecular weight excluding hydrogens is 317 g/mol. The fourth-order valence-electron chi connectivity index (χ4n) is 1.62. The zero-order valence-corrected chi connectivity index (χ0v) is 13.6. The second-order valence-electron chi connectivity index (χ2n) is 3.90. The van der Waals surface area contributed by atoms with Crippen molar-refractivity contribution in [2.75, 3.05) is 27.4 Å². The van der Waals surface area contributed by atoms with Crippen LogP contribution in [0.2, 0.25) is 0 Å². The van der Waals surface area contributed by atoms with E-state index in [-0.39, 0.29) is 19.0 Å². The van der Waals surface area contributed by atoms with Gasteiger partial charge in [0.1, 0.15) is 0 Å². The minimum atomic E-state index is -3.71. The van der Waals surface area contributed by atoms with Gasteiger partial charge in [-0.1, -0.05) is 0 Å². The average Bonchev–Trinajstić information content (AvgIpc) is 2.92. The molecule has 0 aromatic rings. The van der Waals surface area contributed by atoms with Crippen molar-refractivity contribution in [2.24, 2.45) is 4.99 Å². The minimum Gasteiger partial charge on any atom is -0.463 e. The first-order chi connectivity index (χ1) is 10.4. The van der Waals surface area contributed by atoms with Crippen molar-refractivity contribution < 1.29 is 37.4 Å². The van der Waals surface area contributed by atoms with E-state index in [4.69, 9.17) is 23.3 Å². The van der Waals surface area contributed by atoms with Crippen molar-refractivity contribution >= 4 is 25.9 Å². The van der Waals surface area contributed by atoms with Crippen LogP contribution in [0.25, 0.3) is 0 Å². The van der Waals surface area contributed by atoms with E-state index in [0.717, 1.165) is 26.4 Å². The molecule has 124 valence electrons. The molecule has 0 aromatic carbocycles. The third-order valence-corrected chi connectivity index (χ3v) is 4.28. The number of hydrogen-bond acceptors (Lipinski definition) is 9. The van der Waals surface area contributed by atoms with Crippen LogP contribution in [0.3, 0.4) is 0 Å². The molecule has 0 bridgehead atoms. The van der Waals surface area contributed by atoms with E-state index in [1.165, 1.54) is 0 Å². The lowest BCUT2D eigenvalue weighted by Gasteiger charge is -2.22. The summed E-state index contributed by atoms with van der Waals surface area (Å²) < 4.78 is 36.4. The van der Waals surface area contributed by atoms with Gasteiger partial charge in [-0.05, 0) is 13.8 Å². The second kappa shape index (κ2) is 7.53. The monoisotopic (exact) mass is 335 g/mol. The Hall–Kier alpha value is -1.70. The number of esters is 2. The Balaban J connectivity index is 3.37. The smallest absolute Gasteiger partial charge is 0.357 e. The maximum atomic E-state index is 12.2. The SMILES string of the molecule is CCOC(=O)C1(C(=O)OCC)N=CO/C1=C\P(=O)(OC)OC. The van der Waals surface area contributed by atoms with Gasteiger partial charge in [0, 0.05) is 14.2 Å². The summed E-state index contributed by atoms with van der Waals surface area (Å²) in [6.45, 7) is 3.15. The fourth-order valence-corrected chi connectivity index (χ4v) is 2.51. The van der Waals surface area contributed by atoms with Gasteiger partial charge in [0.15, 0.2) is 12.2 Å². The molecule has 10 heteroatoms. The normalized spacial score (nSPS) is 18.1. The van der Waals surface area contributed by atoms with Crippen LogP contribution in [0.5, 0.6) is 0 Å². The van der Waals surface area contributed by atoms with Gasteiger partial charge in [0.05, 0.1) is 19.0 Å². The van der Waals surface area contributed by atoms with Crippen LogP contribution in [0.15, 0.2) is 16.6 Å². The lowest BCUT2D eigenvalue weighted by Crippen LogP contribution is -2.47. The maximum absolute atomic E-state index is 12.2. The first-order valence-electron chi connectivity index (χ1n) is 6.39. The Morgan fingerprint density at radius 3 is 2.14 bits per heavy atom. The van der Waals surface area contributed by atoms with Crippen molar-refractivity contribution in [1.82, 2.24) is 0 Å². The molecule has 0 aliphatic carbocycles. The van der Waals surface area contributed by atoms with Crippen LogP contribution < -0.4 is 0 Å². The quantitative estimate of drug-likeness (QED) is 0.388. The summed E-state index contributed by atoms with van der Waals surface area (Å²) in [4.78, 5) is 28.2. The van der Waals surface area contributed by atoms with E-state index in [9.17, 15) is 14.2 Å². The van der Waals surface area contributed by atoms with E-state index in [1.54, 1.807) is 13.8 Å². The largest absolute Gasteiger partial charge is 0.463 e. The van der Waals surface area contributed by atoms with Gasteiger partial charge in [-0.25, -0.2) is 14.6 Å². The zero-order valence-electron chi connectivity index (χ0n) is 12.7. The molecule has 0 aromatic heterocycles. The maximum Gasteiger partial charge on any atom is 0.357 e. The van der Waals surface area contributed by atoms with E-state index >= 15 is 0 Å². The molecular formula is C12H18NO8P. The van der Waals surface area contributed by atoms with E-state index in [1.807, 2.05) is 0 Å². The number of carbonyl (C=O) groups is 2. The molecule has 0 amide bonds. The highest BCUT2D eigenvalue weighted by Gasteiger charge is 2.57. The van der Waals surface area contributed by atoms with Crippen LogP contribution in [-0.4, -0.2) is 51.3 Å². The second-order valence-corrected chi connectivity index (χ2v) is 5.97. The molecule has 0 radical (unpaired) electrons. The number of rotatable bonds is 7. The number of aliphatic imine (C=N–C) groups is 1. The topological polar surface area (TPSA) is 110 Å². The third-order valence-electron chi connectivity index (χ3n) is 2.71. The molecule has 0 spiro atoms. The molecule has 9 nitrogen and oxygen atoms in total. The standard InChI is InChI=1S/C12H18NO8P/c1-5-19-10(14)12(11(15)20-6-2)9(21-8-13-12)7-22(16,17-3)18-4/h7-8H,5-6H2,1-4H3/b9-7-. The Bertz CT molecular complexity index is 515. The highest BCUT2D eigenvalue weighted by Crippen LogP contribution is 2.51. The van der Waals surface area contributed by atoms with Gasteiger partial charge in [0.25, 0.3) is 0 Å². The van der Waals surface area contributed by atoms with Crippen molar-refractivity contribution in [3.05, 3.63) is 11.6 Å². The molecule has 1 aliphatic heterocycles. The van der Waals surface area contributed by atoms with Crippen molar-refractivity contribution in [1.29, 1.82) is 0 Å². The van der Waals surface area contributed by atoms with Crippen LogP contribution in [-0.2, 0) is 37.4 Å². The number of hydrogen-bond donors (Lipinski definition) is 0. The summed E-state index contributed by atoms with van der Waals surface area (Å²) in [5, 5.41) is 0. The van der Waals surface area contributed by atoms with Crippen molar-refractivity contribution in [3.63, 3.8) is 0 Å². The van der Waals surface area contributed by atoms with Crippen molar-refractivity contribution in [3.8, 4) is 0 Å². The average molecular weight is 335 g/mol. The number of carbonyl (C=O) groups excluding carboxylic acids is 2. The third kappa shape index (κ3) is 3.37. The Kier molecular flexibility index (Phi) is 6.28. The first kappa shape index (κ1) is 18.3. The fraction of sp³-hybridized carbons (Fsp3) is 0.583. The van der Waals surface area contributed by atoms with Crippen molar-refractivity contribution in [2.45, 2.75) is 19.4 Å². The Morgan fingerprint density at radius 1 is 1.23 bits per heavy atom. The first-order valence-corrected chi connectivity index (χ1v) is 8.00. The highest BCUT2D eigenvalue weighted by atomic mass is 31.2. The van der Waals surface area contributed by atoms with Crippen LogP contribution in [0.4, 0.5) is 0 Å². The predicted molar refractivity (Wildman–Crippen MR) is 75.3 cm³/mol. The summed E-state index contributed by atoms with van der Waals surface area (Å²) in [6, 6.07) is 0. The van der Waals surface area contributed by atoms with Crippen LogP contribution in [0.1, 0.15) is 13.8 Å². The van der Waals surface area contributed by atoms with Gasteiger partial charge >= 0.3 is 25.1 Å². The molecule has 22 heavy (non-hydrogen) atoms. The molecule has 0 fully saturated rings. The van der Waals surface area contributed by atoms with Gasteiger partial charge in [-0.15, -0.1) is 0 Å². The Morgan fingerprint density at radius 2 is 1.73 bits per heavy atom. The summed E-state index contributed by atoms with van der Waals surface area (Å²) >= 11 is 0. The lowest BCUT2D eigenvalue weighted by atomic mass is 9.99. The zero-order chi connectivity index (χ0) is 16.8. The van der Waals surface area contributed by atoms with Gasteiger partial charge in [-0.2, -0.15) is 0 Å². The van der Waals surface area contributed by atoms with Crippen LogP contribution >= 0.6 is 7.60 Å². The Labute approximate surface area is 127 Å². The summed E-state index contributed by atoms with van der Waals surface area (Å²) in [7, 11) is -1.42. The van der Waals surface area contributed by atoms with E-state index in [0.29, 0.717) is 0 Å². The molecule has 0 saturated heterocycles. The summed E-state index contributed by atoms with van der Waals surface area (Å²) in [6.07, 6.45) is 0.870. The van der Waals surface area contributed by atoms with E-state index < -0.39 is 25.1 Å². The van der Waals surface area contributed by atoms with Gasteiger partial charge < -0.3 is 23.3 Å². The summed E-state index contributed by atoms with van der Waals surface area (Å²) in [5.41, 5.74) is -2.21. The molecule has 0 saturated carbocycles. The lowest BCUT2D eigenvalue weighted by molar-refractivity contribution is -0.162. The predicted octanol–water partition coefficient (Wildman–Crippen LogP) is 1.24. The number of ether oxygens (including phenoxy) is 3. The molecule has 0 atom stereocenters. The van der Waals surface area contributed by atoms with Gasteiger partial charge in [-0.3, -0.25) is 4.57 Å². The highest BCUT2D eigenvalue weighted by molar-refractivity contribution is 7.57. The molecule has 0 N–H and O–H groups in total. The van der Waals surface area contributed by atoms with Crippen LogP contribution in [0, 0.1) is 0 Å². The minimum absolute atomic E-state index is 0.00893. The molecule has 1 rings (SSSR count). The molecule has 0 unspecified atom stereocenters. The molecule has 1 aliphatic rings. The van der Waals surface area contributed by atoms with Gasteiger partial charge in [0.2, 0.25) is 0 Å². The number of nitrogens with zero attached hydrogens (tertiary/aromatic N) is 1. The summed E-state index contributed by atoms with van der Waals surface area (Å²) in [5.74, 6) is -1.47. The molecule has 1 heterocycles. The van der Waals surface area contributed by atoms with E-state index in [2.05, 4.69) is 4.99 Å².